The minimum Gasteiger partial charge on any atom is -0.337 e. The van der Waals surface area contributed by atoms with Crippen LogP contribution in [0.15, 0.2) is 12.7 Å². The Bertz CT molecular complexity index is 683. The van der Waals surface area contributed by atoms with Crippen LogP contribution >= 0.6 is 0 Å². The van der Waals surface area contributed by atoms with Crippen LogP contribution in [-0.2, 0) is 19.4 Å². The van der Waals surface area contributed by atoms with Crippen molar-refractivity contribution in [3.05, 3.63) is 29.6 Å². The third kappa shape index (κ3) is 4.35. The number of hydrogen-bond donors (Lipinski definition) is 1. The van der Waals surface area contributed by atoms with E-state index in [2.05, 4.69) is 11.9 Å². The van der Waals surface area contributed by atoms with E-state index >= 15 is 0 Å². The topological polar surface area (TPSA) is 50.2 Å². The number of rotatable bonds is 6. The average Bonchev–Trinajstić information content (AvgIpc) is 3.11. The molecule has 2 fully saturated rings. The summed E-state index contributed by atoms with van der Waals surface area (Å²) in [5.41, 5.74) is 3.17. The van der Waals surface area contributed by atoms with Gasteiger partial charge in [0.25, 0.3) is 5.91 Å². The molecule has 154 valence electrons. The van der Waals surface area contributed by atoms with E-state index in [-0.39, 0.29) is 5.91 Å². The minimum atomic E-state index is 0.145. The number of piperidine rings is 1. The fourth-order valence-corrected chi connectivity index (χ4v) is 5.28. The highest BCUT2D eigenvalue weighted by molar-refractivity contribution is 5.94. The van der Waals surface area contributed by atoms with Gasteiger partial charge in [0.05, 0.1) is 6.54 Å². The zero-order valence-corrected chi connectivity index (χ0v) is 17.3. The monoisotopic (exact) mass is 384 g/mol. The second-order valence-corrected chi connectivity index (χ2v) is 8.95. The van der Waals surface area contributed by atoms with Crippen molar-refractivity contribution >= 4 is 5.91 Å². The highest BCUT2D eigenvalue weighted by Crippen LogP contribution is 2.28. The van der Waals surface area contributed by atoms with Crippen molar-refractivity contribution < 1.29 is 4.79 Å². The molecule has 0 bridgehead atoms. The Morgan fingerprint density at radius 3 is 2.61 bits per heavy atom. The number of carbonyl (C=O) groups is 1. The third-order valence-electron chi connectivity index (χ3n) is 6.91. The normalized spacial score (nSPS) is 23.4. The smallest absolute Gasteiger partial charge is 0.274 e. The largest absolute Gasteiger partial charge is 0.337 e. The lowest BCUT2D eigenvalue weighted by molar-refractivity contribution is 0.0716. The minimum absolute atomic E-state index is 0.145. The maximum Gasteiger partial charge on any atom is 0.274 e. The van der Waals surface area contributed by atoms with Crippen LogP contribution in [0, 0.1) is 5.92 Å². The molecule has 1 aromatic heterocycles. The first-order chi connectivity index (χ1) is 13.8. The van der Waals surface area contributed by atoms with E-state index in [1.165, 1.54) is 49.8 Å². The lowest BCUT2D eigenvalue weighted by Crippen LogP contribution is -2.39. The van der Waals surface area contributed by atoms with E-state index < -0.39 is 0 Å². The van der Waals surface area contributed by atoms with Crippen LogP contribution in [0.1, 0.15) is 79.5 Å². The van der Waals surface area contributed by atoms with Gasteiger partial charge in [-0.05, 0) is 63.8 Å². The Morgan fingerprint density at radius 1 is 1.11 bits per heavy atom. The number of fused-ring (bicyclic) bond motifs is 1. The van der Waals surface area contributed by atoms with Gasteiger partial charge in [-0.3, -0.25) is 9.48 Å². The first-order valence-electron chi connectivity index (χ1n) is 11.5. The van der Waals surface area contributed by atoms with E-state index in [9.17, 15) is 4.79 Å². The SMILES string of the molecule is C=CCn1nc(C(=O)N2CCCCC2)c2c1CCC(NCC1CCCCC1)C2. The van der Waals surface area contributed by atoms with E-state index in [0.29, 0.717) is 18.3 Å². The summed E-state index contributed by atoms with van der Waals surface area (Å²) < 4.78 is 2.02. The highest BCUT2D eigenvalue weighted by atomic mass is 16.2. The van der Waals surface area contributed by atoms with Crippen LogP contribution in [0.2, 0.25) is 0 Å². The molecule has 4 rings (SSSR count). The Labute approximate surface area is 169 Å². The van der Waals surface area contributed by atoms with Crippen LogP contribution in [0.4, 0.5) is 0 Å². The Kier molecular flexibility index (Phi) is 6.50. The van der Waals surface area contributed by atoms with E-state index in [1.807, 2.05) is 15.7 Å². The number of amides is 1. The Hall–Kier alpha value is -1.62. The molecule has 1 N–H and O–H groups in total. The van der Waals surface area contributed by atoms with Crippen LogP contribution < -0.4 is 5.32 Å². The van der Waals surface area contributed by atoms with Crippen LogP contribution in [0.25, 0.3) is 0 Å². The molecule has 0 spiro atoms. The molecule has 1 saturated carbocycles. The molecule has 1 unspecified atom stereocenters. The number of nitrogens with one attached hydrogen (secondary N) is 1. The molecule has 5 nitrogen and oxygen atoms in total. The molecule has 1 amide bonds. The maximum atomic E-state index is 13.2. The molecule has 1 saturated heterocycles. The molecule has 1 atom stereocenters. The number of allylic oxidation sites excluding steroid dienone is 1. The van der Waals surface area contributed by atoms with Gasteiger partial charge < -0.3 is 10.2 Å². The van der Waals surface area contributed by atoms with Crippen LogP contribution in [0.3, 0.4) is 0 Å². The zero-order valence-electron chi connectivity index (χ0n) is 17.3. The quantitative estimate of drug-likeness (QED) is 0.761. The summed E-state index contributed by atoms with van der Waals surface area (Å²) in [6, 6.07) is 0.476. The summed E-state index contributed by atoms with van der Waals surface area (Å²) >= 11 is 0. The van der Waals surface area contributed by atoms with Crippen molar-refractivity contribution in [2.75, 3.05) is 19.6 Å². The average molecular weight is 385 g/mol. The standard InChI is InChI=1S/C23H36N4O/c1-2-13-27-21-12-11-19(24-17-18-9-5-3-6-10-18)16-20(21)22(25-27)23(28)26-14-7-4-8-15-26/h2,18-19,24H,1,3-17H2. The van der Waals surface area contributed by atoms with Crippen molar-refractivity contribution in [3.8, 4) is 0 Å². The van der Waals surface area contributed by atoms with Gasteiger partial charge in [-0.1, -0.05) is 25.3 Å². The lowest BCUT2D eigenvalue weighted by atomic mass is 9.87. The highest BCUT2D eigenvalue weighted by Gasteiger charge is 2.31. The maximum absolute atomic E-state index is 13.2. The van der Waals surface area contributed by atoms with Gasteiger partial charge in [0, 0.05) is 30.4 Å². The molecule has 0 aromatic carbocycles. The first-order valence-corrected chi connectivity index (χ1v) is 11.5. The van der Waals surface area contributed by atoms with Gasteiger partial charge in [0.2, 0.25) is 0 Å². The van der Waals surface area contributed by atoms with Gasteiger partial charge in [-0.15, -0.1) is 6.58 Å². The lowest BCUT2D eigenvalue weighted by Gasteiger charge is -2.29. The van der Waals surface area contributed by atoms with Gasteiger partial charge in [0.15, 0.2) is 5.69 Å². The molecular formula is C23H36N4O. The summed E-state index contributed by atoms with van der Waals surface area (Å²) in [4.78, 5) is 15.2. The predicted molar refractivity (Wildman–Crippen MR) is 113 cm³/mol. The number of nitrogens with zero attached hydrogens (tertiary/aromatic N) is 3. The van der Waals surface area contributed by atoms with Crippen molar-refractivity contribution in [2.24, 2.45) is 5.92 Å². The molecule has 5 heteroatoms. The van der Waals surface area contributed by atoms with Crippen LogP contribution in [0.5, 0.6) is 0 Å². The number of carbonyl (C=O) groups excluding carboxylic acids is 1. The van der Waals surface area contributed by atoms with Crippen molar-refractivity contribution in [1.29, 1.82) is 0 Å². The molecule has 2 heterocycles. The van der Waals surface area contributed by atoms with Gasteiger partial charge in [0.1, 0.15) is 0 Å². The predicted octanol–water partition coefficient (Wildman–Crippen LogP) is 3.72. The molecule has 2 aliphatic carbocycles. The number of likely N-dealkylation sites (tertiary alicyclic amines) is 1. The number of hydrogen-bond acceptors (Lipinski definition) is 3. The molecule has 1 aromatic rings. The van der Waals surface area contributed by atoms with Crippen molar-refractivity contribution in [1.82, 2.24) is 20.0 Å². The molecule has 3 aliphatic rings. The van der Waals surface area contributed by atoms with E-state index in [0.717, 1.165) is 57.7 Å². The van der Waals surface area contributed by atoms with Crippen molar-refractivity contribution in [3.63, 3.8) is 0 Å². The Balaban J connectivity index is 1.47. The summed E-state index contributed by atoms with van der Waals surface area (Å²) in [5, 5.41) is 8.60. The Morgan fingerprint density at radius 2 is 1.86 bits per heavy atom. The summed E-state index contributed by atoms with van der Waals surface area (Å²) in [7, 11) is 0. The van der Waals surface area contributed by atoms with Gasteiger partial charge >= 0.3 is 0 Å². The summed E-state index contributed by atoms with van der Waals surface area (Å²) in [6.07, 6.45) is 15.4. The fraction of sp³-hybridized carbons (Fsp3) is 0.739. The fourth-order valence-electron chi connectivity index (χ4n) is 5.28. The van der Waals surface area contributed by atoms with Gasteiger partial charge in [-0.25, -0.2) is 0 Å². The molecule has 28 heavy (non-hydrogen) atoms. The van der Waals surface area contributed by atoms with Gasteiger partial charge in [-0.2, -0.15) is 5.10 Å². The summed E-state index contributed by atoms with van der Waals surface area (Å²) in [5.74, 6) is 0.986. The van der Waals surface area contributed by atoms with Crippen molar-refractivity contribution in [2.45, 2.75) is 83.2 Å². The molecule has 1 aliphatic heterocycles. The second kappa shape index (κ2) is 9.25. The zero-order chi connectivity index (χ0) is 19.3. The number of aromatic nitrogens is 2. The first kappa shape index (κ1) is 19.7. The van der Waals surface area contributed by atoms with Crippen LogP contribution in [-0.4, -0.2) is 46.3 Å². The third-order valence-corrected chi connectivity index (χ3v) is 6.91. The van der Waals surface area contributed by atoms with E-state index in [4.69, 9.17) is 5.10 Å². The molecular weight excluding hydrogens is 348 g/mol. The molecule has 0 radical (unpaired) electrons. The second-order valence-electron chi connectivity index (χ2n) is 8.95. The summed E-state index contributed by atoms with van der Waals surface area (Å²) in [6.45, 7) is 7.46. The van der Waals surface area contributed by atoms with E-state index in [1.54, 1.807) is 0 Å².